The fraction of sp³-hybridized carbons (Fsp3) is 0.565. The number of hydrogen-bond donors (Lipinski definition) is 3. The van der Waals surface area contributed by atoms with E-state index in [0.29, 0.717) is 37.9 Å². The number of imide groups is 1. The molecule has 3 fully saturated rings. The normalized spacial score (nSPS) is 27.3. The molecule has 1 aliphatic carbocycles. The minimum atomic E-state index is -0.815. The summed E-state index contributed by atoms with van der Waals surface area (Å²) in [7, 11) is 1.87. The largest absolute Gasteiger partial charge is 0.465 e. The van der Waals surface area contributed by atoms with Crippen molar-refractivity contribution in [3.63, 3.8) is 0 Å². The van der Waals surface area contributed by atoms with Gasteiger partial charge in [-0.25, -0.2) is 4.79 Å². The molecule has 1 spiro atoms. The molecule has 32 heavy (non-hydrogen) atoms. The van der Waals surface area contributed by atoms with Crippen LogP contribution in [0.5, 0.6) is 0 Å². The molecule has 3 heterocycles. The molecular weight excluding hydrogens is 410 g/mol. The number of aromatic nitrogens is 2. The molecule has 170 valence electrons. The van der Waals surface area contributed by atoms with E-state index in [-0.39, 0.29) is 17.2 Å². The predicted molar refractivity (Wildman–Crippen MR) is 118 cm³/mol. The monoisotopic (exact) mass is 439 g/mol. The Hall–Kier alpha value is -3.10. The number of carbonyl (C=O) groups is 3. The first-order chi connectivity index (χ1) is 15.2. The smallest absolute Gasteiger partial charge is 0.407 e. The zero-order valence-electron chi connectivity index (χ0n) is 18.4. The van der Waals surface area contributed by atoms with E-state index in [0.717, 1.165) is 41.5 Å². The van der Waals surface area contributed by atoms with Crippen LogP contribution in [0.3, 0.4) is 0 Å². The predicted octanol–water partition coefficient (Wildman–Crippen LogP) is 2.67. The van der Waals surface area contributed by atoms with E-state index in [9.17, 15) is 14.4 Å². The van der Waals surface area contributed by atoms with Gasteiger partial charge in [0.1, 0.15) is 0 Å². The maximum absolute atomic E-state index is 12.3. The Balaban J connectivity index is 1.30. The second-order valence-electron chi connectivity index (χ2n) is 9.85. The van der Waals surface area contributed by atoms with Crippen molar-refractivity contribution in [2.75, 3.05) is 18.4 Å². The van der Waals surface area contributed by atoms with Gasteiger partial charge in [0.05, 0.1) is 17.1 Å². The minimum Gasteiger partial charge on any atom is -0.465 e. The molecule has 3 amide bonds. The number of nitrogens with zero attached hydrogens (tertiary/aromatic N) is 3. The second kappa shape index (κ2) is 7.50. The highest BCUT2D eigenvalue weighted by molar-refractivity contribution is 6.02. The Labute approximate surface area is 186 Å². The lowest BCUT2D eigenvalue weighted by molar-refractivity contribution is -0.134. The SMILES string of the molecule is C[C@H]1CC2(CC[C@H]1Nc1ccc3c(C4CCC(=O)NC4=O)nn(C)c3c1)CN(C(=O)O)C2. The zero-order valence-corrected chi connectivity index (χ0v) is 18.4. The molecule has 1 aromatic carbocycles. The number of hydrogen-bond acceptors (Lipinski definition) is 5. The first-order valence-corrected chi connectivity index (χ1v) is 11.3. The summed E-state index contributed by atoms with van der Waals surface area (Å²) in [6.45, 7) is 3.55. The van der Waals surface area contributed by atoms with Crippen LogP contribution in [0.1, 0.15) is 50.6 Å². The number of carboxylic acid groups (broad SMARTS) is 1. The lowest BCUT2D eigenvalue weighted by Gasteiger charge is -2.54. The topological polar surface area (TPSA) is 117 Å². The van der Waals surface area contributed by atoms with Gasteiger partial charge in [-0.05, 0) is 49.8 Å². The van der Waals surface area contributed by atoms with Gasteiger partial charge in [-0.3, -0.25) is 19.6 Å². The van der Waals surface area contributed by atoms with Crippen LogP contribution >= 0.6 is 0 Å². The third-order valence-corrected chi connectivity index (χ3v) is 7.55. The van der Waals surface area contributed by atoms with Crippen molar-refractivity contribution in [2.24, 2.45) is 18.4 Å². The lowest BCUT2D eigenvalue weighted by Crippen LogP contribution is -2.61. The molecule has 3 atom stereocenters. The van der Waals surface area contributed by atoms with Gasteiger partial charge < -0.3 is 15.3 Å². The van der Waals surface area contributed by atoms with Crippen molar-refractivity contribution in [1.82, 2.24) is 20.0 Å². The summed E-state index contributed by atoms with van der Waals surface area (Å²) in [5.74, 6) is -0.455. The molecule has 0 radical (unpaired) electrons. The Kier molecular flexibility index (Phi) is 4.87. The number of nitrogens with one attached hydrogen (secondary N) is 2. The maximum Gasteiger partial charge on any atom is 0.407 e. The molecule has 1 saturated carbocycles. The highest BCUT2D eigenvalue weighted by Crippen LogP contribution is 2.46. The number of rotatable bonds is 3. The van der Waals surface area contributed by atoms with E-state index < -0.39 is 12.0 Å². The van der Waals surface area contributed by atoms with Gasteiger partial charge in [0.15, 0.2) is 0 Å². The Morgan fingerprint density at radius 2 is 2.06 bits per heavy atom. The van der Waals surface area contributed by atoms with Crippen molar-refractivity contribution < 1.29 is 19.5 Å². The Bertz CT molecular complexity index is 1100. The van der Waals surface area contributed by atoms with Crippen LogP contribution in [0.25, 0.3) is 10.9 Å². The van der Waals surface area contributed by atoms with E-state index in [1.807, 2.05) is 19.2 Å². The number of carbonyl (C=O) groups excluding carboxylic acids is 2. The quantitative estimate of drug-likeness (QED) is 0.633. The van der Waals surface area contributed by atoms with Crippen LogP contribution in [0.2, 0.25) is 0 Å². The van der Waals surface area contributed by atoms with Gasteiger partial charge in [0, 0.05) is 49.1 Å². The summed E-state index contributed by atoms with van der Waals surface area (Å²) in [4.78, 5) is 36.5. The standard InChI is InChI=1S/C23H29N5O4/c1-13-10-23(11-28(12-23)22(31)32)8-7-17(13)24-14-3-4-15-18(9-14)27(2)26-20(15)16-5-6-19(29)25-21(16)30/h3-4,9,13,16-17,24H,5-8,10-12H2,1-2H3,(H,31,32)(H,25,29,30)/t13-,16?,17+/m0/s1. The highest BCUT2D eigenvalue weighted by atomic mass is 16.4. The molecule has 2 aromatic rings. The van der Waals surface area contributed by atoms with Crippen LogP contribution in [-0.4, -0.2) is 56.8 Å². The van der Waals surface area contributed by atoms with Crippen LogP contribution in [0.15, 0.2) is 18.2 Å². The molecule has 9 heteroatoms. The fourth-order valence-electron chi connectivity index (χ4n) is 5.87. The summed E-state index contributed by atoms with van der Waals surface area (Å²) in [5.41, 5.74) is 2.84. The minimum absolute atomic E-state index is 0.152. The van der Waals surface area contributed by atoms with Crippen molar-refractivity contribution in [2.45, 2.75) is 51.0 Å². The van der Waals surface area contributed by atoms with E-state index in [1.54, 1.807) is 4.68 Å². The molecule has 3 N–H and O–H groups in total. The summed E-state index contributed by atoms with van der Waals surface area (Å²) < 4.78 is 1.80. The van der Waals surface area contributed by atoms with Crippen molar-refractivity contribution >= 4 is 34.5 Å². The van der Waals surface area contributed by atoms with Crippen molar-refractivity contribution in [3.8, 4) is 0 Å². The zero-order chi connectivity index (χ0) is 22.6. The van der Waals surface area contributed by atoms with E-state index >= 15 is 0 Å². The van der Waals surface area contributed by atoms with E-state index in [1.165, 1.54) is 4.90 Å². The lowest BCUT2D eigenvalue weighted by atomic mass is 9.64. The molecule has 5 rings (SSSR count). The number of amides is 3. The van der Waals surface area contributed by atoms with Gasteiger partial charge >= 0.3 is 6.09 Å². The van der Waals surface area contributed by atoms with Crippen molar-refractivity contribution in [1.29, 1.82) is 0 Å². The van der Waals surface area contributed by atoms with Crippen LogP contribution in [0, 0.1) is 11.3 Å². The molecule has 1 unspecified atom stereocenters. The molecule has 0 bridgehead atoms. The summed E-state index contributed by atoms with van der Waals surface area (Å²) in [6.07, 6.45) is 3.08. The molecule has 1 aromatic heterocycles. The molecule has 9 nitrogen and oxygen atoms in total. The number of likely N-dealkylation sites (tertiary alicyclic amines) is 1. The van der Waals surface area contributed by atoms with Crippen LogP contribution < -0.4 is 10.6 Å². The fourth-order valence-corrected chi connectivity index (χ4v) is 5.87. The van der Waals surface area contributed by atoms with Gasteiger partial charge in [0.25, 0.3) is 0 Å². The van der Waals surface area contributed by atoms with E-state index in [4.69, 9.17) is 5.11 Å². The molecule has 2 saturated heterocycles. The summed E-state index contributed by atoms with van der Waals surface area (Å²) in [5, 5.41) is 20.8. The van der Waals surface area contributed by atoms with Crippen LogP contribution in [0.4, 0.5) is 10.5 Å². The van der Waals surface area contributed by atoms with Gasteiger partial charge in [-0.2, -0.15) is 5.10 Å². The van der Waals surface area contributed by atoms with Gasteiger partial charge in [-0.1, -0.05) is 6.92 Å². The van der Waals surface area contributed by atoms with Gasteiger partial charge in [0.2, 0.25) is 11.8 Å². The number of benzene rings is 1. The third-order valence-electron chi connectivity index (χ3n) is 7.55. The highest BCUT2D eigenvalue weighted by Gasteiger charge is 2.49. The average Bonchev–Trinajstić information content (AvgIpc) is 3.03. The molecule has 3 aliphatic rings. The summed E-state index contributed by atoms with van der Waals surface area (Å²) in [6, 6.07) is 6.45. The van der Waals surface area contributed by atoms with Crippen LogP contribution in [-0.2, 0) is 16.6 Å². The van der Waals surface area contributed by atoms with Gasteiger partial charge in [-0.15, -0.1) is 0 Å². The molecular formula is C23H29N5O4. The van der Waals surface area contributed by atoms with E-state index in [2.05, 4.69) is 28.7 Å². The second-order valence-corrected chi connectivity index (χ2v) is 9.85. The van der Waals surface area contributed by atoms with Crippen molar-refractivity contribution in [3.05, 3.63) is 23.9 Å². The molecule has 2 aliphatic heterocycles. The Morgan fingerprint density at radius 3 is 2.75 bits per heavy atom. The third kappa shape index (κ3) is 3.49. The average molecular weight is 440 g/mol. The number of aryl methyl sites for hydroxylation is 1. The Morgan fingerprint density at radius 1 is 1.28 bits per heavy atom. The first kappa shape index (κ1) is 20.8. The maximum atomic E-state index is 12.3. The number of anilines is 1. The number of fused-ring (bicyclic) bond motifs is 1. The number of piperidine rings is 1. The first-order valence-electron chi connectivity index (χ1n) is 11.3. The summed E-state index contributed by atoms with van der Waals surface area (Å²) >= 11 is 0.